The van der Waals surface area contributed by atoms with E-state index in [2.05, 4.69) is 45.3 Å². The summed E-state index contributed by atoms with van der Waals surface area (Å²) in [7, 11) is 0. The topological polar surface area (TPSA) is 76.7 Å². The number of ether oxygens (including phenoxy) is 2. The monoisotopic (exact) mass is 550 g/mol. The lowest BCUT2D eigenvalue weighted by atomic mass is 9.62. The molecule has 1 aliphatic rings. The fourth-order valence-corrected chi connectivity index (χ4v) is 6.34. The molecule has 1 aliphatic carbocycles. The highest BCUT2D eigenvalue weighted by molar-refractivity contribution is 5.71. The SMILES string of the molecule is CCCCCc1ccccc1OC(=O)NCC1(C)CC(NC(=O)Oc2ccccc2CCCCC)CC(C)(C)C1. The van der Waals surface area contributed by atoms with Crippen molar-refractivity contribution >= 4 is 12.2 Å². The van der Waals surface area contributed by atoms with Crippen molar-refractivity contribution in [1.29, 1.82) is 0 Å². The Morgan fingerprint density at radius 1 is 0.775 bits per heavy atom. The van der Waals surface area contributed by atoms with Gasteiger partial charge in [-0.2, -0.15) is 0 Å². The molecular weight excluding hydrogens is 500 g/mol. The molecule has 0 spiro atoms. The van der Waals surface area contributed by atoms with Crippen molar-refractivity contribution in [3.63, 3.8) is 0 Å². The first-order valence-electron chi connectivity index (χ1n) is 15.2. The van der Waals surface area contributed by atoms with Crippen molar-refractivity contribution in [2.75, 3.05) is 6.54 Å². The lowest BCUT2D eigenvalue weighted by Crippen LogP contribution is -2.51. The molecule has 0 aromatic heterocycles. The van der Waals surface area contributed by atoms with Crippen LogP contribution in [0.2, 0.25) is 0 Å². The van der Waals surface area contributed by atoms with Gasteiger partial charge in [-0.15, -0.1) is 0 Å². The van der Waals surface area contributed by atoms with E-state index in [9.17, 15) is 9.59 Å². The third-order valence-corrected chi connectivity index (χ3v) is 7.87. The quantitative estimate of drug-likeness (QED) is 0.245. The molecule has 0 saturated heterocycles. The maximum absolute atomic E-state index is 13.0. The second-order valence-corrected chi connectivity index (χ2v) is 12.7. The molecule has 0 radical (unpaired) electrons. The molecule has 2 atom stereocenters. The molecule has 3 rings (SSSR count). The molecule has 0 aliphatic heterocycles. The summed E-state index contributed by atoms with van der Waals surface area (Å²) in [5.74, 6) is 1.26. The summed E-state index contributed by atoms with van der Waals surface area (Å²) in [6.07, 6.45) is 10.2. The first kappa shape index (κ1) is 31.5. The van der Waals surface area contributed by atoms with Crippen molar-refractivity contribution in [3.8, 4) is 11.5 Å². The highest BCUT2D eigenvalue weighted by Gasteiger charge is 2.42. The first-order valence-corrected chi connectivity index (χ1v) is 15.2. The number of carbonyl (C=O) groups is 2. The van der Waals surface area contributed by atoms with E-state index in [0.717, 1.165) is 81.8 Å². The number of para-hydroxylation sites is 2. The molecular formula is C34H50N2O4. The van der Waals surface area contributed by atoms with Gasteiger partial charge >= 0.3 is 12.2 Å². The van der Waals surface area contributed by atoms with Crippen LogP contribution in [0.4, 0.5) is 9.59 Å². The predicted octanol–water partition coefficient (Wildman–Crippen LogP) is 8.61. The van der Waals surface area contributed by atoms with Crippen LogP contribution in [0.25, 0.3) is 0 Å². The predicted molar refractivity (Wildman–Crippen MR) is 162 cm³/mol. The van der Waals surface area contributed by atoms with Crippen LogP contribution in [0.1, 0.15) is 104 Å². The fraction of sp³-hybridized carbons (Fsp3) is 0.588. The van der Waals surface area contributed by atoms with Gasteiger partial charge in [-0.05, 0) is 79.0 Å². The van der Waals surface area contributed by atoms with Crippen molar-refractivity contribution in [3.05, 3.63) is 59.7 Å². The van der Waals surface area contributed by atoms with Gasteiger partial charge in [0.15, 0.2) is 0 Å². The number of aryl methyl sites for hydroxylation is 2. The number of hydrogen-bond acceptors (Lipinski definition) is 4. The molecule has 2 aromatic rings. The van der Waals surface area contributed by atoms with Crippen molar-refractivity contribution < 1.29 is 19.1 Å². The Hall–Kier alpha value is -3.02. The van der Waals surface area contributed by atoms with Crippen LogP contribution in [0, 0.1) is 10.8 Å². The smallest absolute Gasteiger partial charge is 0.410 e. The minimum absolute atomic E-state index is 0.000465. The van der Waals surface area contributed by atoms with Crippen LogP contribution in [0.5, 0.6) is 11.5 Å². The molecule has 6 heteroatoms. The van der Waals surface area contributed by atoms with Gasteiger partial charge in [-0.1, -0.05) is 96.7 Å². The highest BCUT2D eigenvalue weighted by atomic mass is 16.6. The molecule has 220 valence electrons. The molecule has 1 fully saturated rings. The van der Waals surface area contributed by atoms with E-state index in [4.69, 9.17) is 9.47 Å². The van der Waals surface area contributed by atoms with E-state index < -0.39 is 12.2 Å². The van der Waals surface area contributed by atoms with E-state index in [-0.39, 0.29) is 16.9 Å². The molecule has 6 nitrogen and oxygen atoms in total. The van der Waals surface area contributed by atoms with Crippen LogP contribution < -0.4 is 20.1 Å². The lowest BCUT2D eigenvalue weighted by molar-refractivity contribution is 0.0701. The summed E-state index contributed by atoms with van der Waals surface area (Å²) in [5, 5.41) is 6.14. The molecule has 0 heterocycles. The normalized spacial score (nSPS) is 20.0. The molecule has 0 bridgehead atoms. The maximum atomic E-state index is 13.0. The van der Waals surface area contributed by atoms with Gasteiger partial charge < -0.3 is 20.1 Å². The Kier molecular flexibility index (Phi) is 11.9. The van der Waals surface area contributed by atoms with Crippen LogP contribution >= 0.6 is 0 Å². The summed E-state index contributed by atoms with van der Waals surface area (Å²) in [6, 6.07) is 15.5. The fourth-order valence-electron chi connectivity index (χ4n) is 6.34. The number of hydrogen-bond donors (Lipinski definition) is 2. The van der Waals surface area contributed by atoms with Crippen molar-refractivity contribution in [1.82, 2.24) is 10.6 Å². The summed E-state index contributed by atoms with van der Waals surface area (Å²) in [6.45, 7) is 11.5. The van der Waals surface area contributed by atoms with Gasteiger partial charge in [0.05, 0.1) is 0 Å². The largest absolute Gasteiger partial charge is 0.412 e. The zero-order chi connectivity index (χ0) is 29.0. The molecule has 1 saturated carbocycles. The van der Waals surface area contributed by atoms with Crippen LogP contribution in [0.15, 0.2) is 48.5 Å². The zero-order valence-corrected chi connectivity index (χ0v) is 25.3. The summed E-state index contributed by atoms with van der Waals surface area (Å²) in [5.41, 5.74) is 1.93. The maximum Gasteiger partial charge on any atom is 0.412 e. The number of carbonyl (C=O) groups excluding carboxylic acids is 2. The van der Waals surface area contributed by atoms with E-state index in [1.807, 2.05) is 48.5 Å². The second-order valence-electron chi connectivity index (χ2n) is 12.7. The van der Waals surface area contributed by atoms with Gasteiger partial charge in [0.25, 0.3) is 0 Å². The minimum Gasteiger partial charge on any atom is -0.410 e. The number of rotatable bonds is 13. The summed E-state index contributed by atoms with van der Waals surface area (Å²) >= 11 is 0. The average Bonchev–Trinajstić information content (AvgIpc) is 2.88. The van der Waals surface area contributed by atoms with Crippen LogP contribution in [0.3, 0.4) is 0 Å². The first-order chi connectivity index (χ1) is 19.1. The van der Waals surface area contributed by atoms with E-state index >= 15 is 0 Å². The molecule has 2 aromatic carbocycles. The Morgan fingerprint density at radius 2 is 1.30 bits per heavy atom. The second kappa shape index (κ2) is 15.1. The van der Waals surface area contributed by atoms with Gasteiger partial charge in [-0.25, -0.2) is 9.59 Å². The van der Waals surface area contributed by atoms with Crippen molar-refractivity contribution in [2.45, 2.75) is 111 Å². The van der Waals surface area contributed by atoms with E-state index in [1.54, 1.807) is 0 Å². The third kappa shape index (κ3) is 10.2. The summed E-state index contributed by atoms with van der Waals surface area (Å²) in [4.78, 5) is 25.8. The Labute approximate surface area is 241 Å². The molecule has 2 amide bonds. The standard InChI is InChI=1S/C34H50N2O4/c1-6-8-10-16-26-18-12-14-20-29(26)39-31(37)35-25-34(5)23-28(22-33(3,4)24-34)36-32(38)40-30-21-15-13-19-27(30)17-11-9-7-2/h12-15,18-21,28H,6-11,16-17,22-25H2,1-5H3,(H,35,37)(H,36,38). The van der Waals surface area contributed by atoms with Gasteiger partial charge in [0, 0.05) is 12.6 Å². The van der Waals surface area contributed by atoms with Crippen molar-refractivity contribution in [2.24, 2.45) is 10.8 Å². The molecule has 40 heavy (non-hydrogen) atoms. The highest BCUT2D eigenvalue weighted by Crippen LogP contribution is 2.45. The Bertz CT molecular complexity index is 1100. The van der Waals surface area contributed by atoms with Crippen LogP contribution in [-0.2, 0) is 12.8 Å². The van der Waals surface area contributed by atoms with E-state index in [0.29, 0.717) is 18.0 Å². The molecule has 2 unspecified atom stereocenters. The number of unbranched alkanes of at least 4 members (excludes halogenated alkanes) is 4. The zero-order valence-electron chi connectivity index (χ0n) is 25.3. The minimum atomic E-state index is -0.434. The van der Waals surface area contributed by atoms with Crippen LogP contribution in [-0.4, -0.2) is 24.8 Å². The lowest BCUT2D eigenvalue weighted by Gasteiger charge is -2.46. The van der Waals surface area contributed by atoms with Gasteiger partial charge in [-0.3, -0.25) is 0 Å². The average molecular weight is 551 g/mol. The summed E-state index contributed by atoms with van der Waals surface area (Å²) < 4.78 is 11.5. The number of benzene rings is 2. The molecule has 2 N–H and O–H groups in total. The number of amides is 2. The van der Waals surface area contributed by atoms with Gasteiger partial charge in [0.2, 0.25) is 0 Å². The number of nitrogens with one attached hydrogen (secondary N) is 2. The van der Waals surface area contributed by atoms with E-state index in [1.165, 1.54) is 0 Å². The Morgan fingerprint density at radius 3 is 1.85 bits per heavy atom. The van der Waals surface area contributed by atoms with Gasteiger partial charge in [0.1, 0.15) is 11.5 Å². The Balaban J connectivity index is 1.57. The third-order valence-electron chi connectivity index (χ3n) is 7.87.